The van der Waals surface area contributed by atoms with Crippen molar-refractivity contribution in [3.05, 3.63) is 66.7 Å². The molecule has 2 aromatic carbocycles. The summed E-state index contributed by atoms with van der Waals surface area (Å²) in [7, 11) is 0. The summed E-state index contributed by atoms with van der Waals surface area (Å²) in [5, 5.41) is 25.6. The molecule has 0 fully saturated rings. The molecule has 3 aromatic rings. The molecule has 0 radical (unpaired) electrons. The second-order valence-electron chi connectivity index (χ2n) is 5.52. The van der Waals surface area contributed by atoms with Gasteiger partial charge in [0.05, 0.1) is 36.7 Å². The molecule has 1 N–H and O–H groups in total. The molecule has 0 saturated carbocycles. The molecule has 1 aromatic heterocycles. The first-order valence-corrected chi connectivity index (χ1v) is 8.20. The van der Waals surface area contributed by atoms with Gasteiger partial charge in [-0.3, -0.25) is 25.0 Å². The highest BCUT2D eigenvalue weighted by Gasteiger charge is 2.24. The summed E-state index contributed by atoms with van der Waals surface area (Å²) in [4.78, 5) is 37.5. The van der Waals surface area contributed by atoms with Crippen molar-refractivity contribution in [2.24, 2.45) is 0 Å². The average molecular weight is 372 g/mol. The highest BCUT2D eigenvalue weighted by Crippen LogP contribution is 2.29. The number of nitrogens with zero attached hydrogens (tertiary/aromatic N) is 3. The Morgan fingerprint density at radius 2 is 1.85 bits per heavy atom. The van der Waals surface area contributed by atoms with Crippen molar-refractivity contribution in [2.75, 3.05) is 5.32 Å². The molecule has 26 heavy (non-hydrogen) atoms. The van der Waals surface area contributed by atoms with Gasteiger partial charge in [0.1, 0.15) is 0 Å². The second-order valence-corrected chi connectivity index (χ2v) is 6.76. The molecular weight excluding hydrogens is 360 g/mol. The van der Waals surface area contributed by atoms with Crippen molar-refractivity contribution in [3.63, 3.8) is 0 Å². The van der Waals surface area contributed by atoms with E-state index in [9.17, 15) is 25.0 Å². The third-order valence-corrected chi connectivity index (χ3v) is 4.70. The molecule has 0 aliphatic rings. The van der Waals surface area contributed by atoms with Crippen LogP contribution in [0.15, 0.2) is 30.3 Å². The van der Waals surface area contributed by atoms with E-state index in [-0.39, 0.29) is 11.1 Å². The number of carbonyl (C=O) groups is 1. The zero-order chi connectivity index (χ0) is 19.0. The minimum absolute atomic E-state index is 0.0628. The summed E-state index contributed by atoms with van der Waals surface area (Å²) in [6.07, 6.45) is 0. The fraction of sp³-hybridized carbons (Fsp3) is 0.125. The van der Waals surface area contributed by atoms with E-state index in [1.54, 1.807) is 18.2 Å². The van der Waals surface area contributed by atoms with E-state index in [0.29, 0.717) is 5.69 Å². The maximum Gasteiger partial charge on any atom is 0.279 e. The van der Waals surface area contributed by atoms with Crippen LogP contribution in [0.4, 0.5) is 17.1 Å². The molecule has 0 spiro atoms. The Kier molecular flexibility index (Phi) is 4.34. The number of non-ortho nitro benzene ring substituents is 1. The molecule has 132 valence electrons. The van der Waals surface area contributed by atoms with Crippen LogP contribution in [0.1, 0.15) is 20.9 Å². The first-order valence-electron chi connectivity index (χ1n) is 7.38. The summed E-state index contributed by atoms with van der Waals surface area (Å²) in [6, 6.07) is 7.02. The highest BCUT2D eigenvalue weighted by molar-refractivity contribution is 7.18. The van der Waals surface area contributed by atoms with Crippen LogP contribution < -0.4 is 5.32 Å². The van der Waals surface area contributed by atoms with Crippen LogP contribution in [0.25, 0.3) is 10.2 Å². The summed E-state index contributed by atoms with van der Waals surface area (Å²) < 4.78 is 0.877. The average Bonchev–Trinajstić information content (AvgIpc) is 2.93. The molecule has 1 amide bonds. The number of hydrogen-bond donors (Lipinski definition) is 1. The lowest BCUT2D eigenvalue weighted by Crippen LogP contribution is -2.14. The number of amides is 1. The van der Waals surface area contributed by atoms with Gasteiger partial charge in [-0.1, -0.05) is 0 Å². The topological polar surface area (TPSA) is 128 Å². The van der Waals surface area contributed by atoms with Crippen LogP contribution in [0.2, 0.25) is 0 Å². The van der Waals surface area contributed by atoms with E-state index >= 15 is 0 Å². The fourth-order valence-electron chi connectivity index (χ4n) is 2.53. The van der Waals surface area contributed by atoms with Gasteiger partial charge in [-0.05, 0) is 32.0 Å². The summed E-state index contributed by atoms with van der Waals surface area (Å²) >= 11 is 1.46. The van der Waals surface area contributed by atoms with Gasteiger partial charge in [-0.2, -0.15) is 0 Å². The Morgan fingerprint density at radius 3 is 2.50 bits per heavy atom. The number of thiazole rings is 1. The number of nitro groups is 2. The zero-order valence-corrected chi connectivity index (χ0v) is 14.5. The lowest BCUT2D eigenvalue weighted by atomic mass is 10.0. The van der Waals surface area contributed by atoms with E-state index in [2.05, 4.69) is 10.3 Å². The number of rotatable bonds is 4. The number of fused-ring (bicyclic) bond motifs is 1. The minimum Gasteiger partial charge on any atom is -0.322 e. The number of nitrogens with one attached hydrogen (secondary N) is 1. The first kappa shape index (κ1) is 17.4. The van der Waals surface area contributed by atoms with Crippen molar-refractivity contribution in [3.8, 4) is 0 Å². The fourth-order valence-corrected chi connectivity index (χ4v) is 3.40. The van der Waals surface area contributed by atoms with Crippen molar-refractivity contribution in [2.45, 2.75) is 13.8 Å². The second kappa shape index (κ2) is 6.48. The smallest absolute Gasteiger partial charge is 0.279 e. The first-order chi connectivity index (χ1) is 12.3. The van der Waals surface area contributed by atoms with Gasteiger partial charge in [-0.15, -0.1) is 11.3 Å². The minimum atomic E-state index is -0.768. The summed E-state index contributed by atoms with van der Waals surface area (Å²) in [5.41, 5.74) is 0.227. The van der Waals surface area contributed by atoms with Crippen LogP contribution in [0.5, 0.6) is 0 Å². The van der Waals surface area contributed by atoms with Crippen LogP contribution in [-0.4, -0.2) is 20.7 Å². The quantitative estimate of drug-likeness (QED) is 0.545. The number of benzene rings is 2. The summed E-state index contributed by atoms with van der Waals surface area (Å²) in [6.45, 7) is 3.25. The molecule has 0 aliphatic heterocycles. The summed E-state index contributed by atoms with van der Waals surface area (Å²) in [5.74, 6) is -0.658. The maximum atomic E-state index is 12.6. The van der Waals surface area contributed by atoms with E-state index in [0.717, 1.165) is 27.4 Å². The van der Waals surface area contributed by atoms with E-state index < -0.39 is 27.1 Å². The van der Waals surface area contributed by atoms with Crippen LogP contribution >= 0.6 is 11.3 Å². The lowest BCUT2D eigenvalue weighted by molar-refractivity contribution is -0.394. The Bertz CT molecular complexity index is 1080. The third kappa shape index (κ3) is 3.22. The number of hydrogen-bond acceptors (Lipinski definition) is 7. The standard InChI is InChI=1S/C16H12N4O5S/c1-8-12(6-11(19(22)23)7-14(8)20(24)25)16(21)18-10-3-4-13-15(5-10)26-9(2)17-13/h3-7H,1-2H3,(H,18,21). The van der Waals surface area contributed by atoms with Gasteiger partial charge in [-0.25, -0.2) is 4.98 Å². The maximum absolute atomic E-state index is 12.6. The SMILES string of the molecule is Cc1nc2ccc(NC(=O)c3cc([N+](=O)[O-])cc([N+](=O)[O-])c3C)cc2s1. The molecule has 0 bridgehead atoms. The van der Waals surface area contributed by atoms with Crippen LogP contribution in [0, 0.1) is 34.1 Å². The molecular formula is C16H12N4O5S. The van der Waals surface area contributed by atoms with Gasteiger partial charge in [0.15, 0.2) is 0 Å². The zero-order valence-electron chi connectivity index (χ0n) is 13.7. The van der Waals surface area contributed by atoms with Gasteiger partial charge < -0.3 is 5.32 Å². The Balaban J connectivity index is 2.00. The number of carbonyl (C=O) groups excluding carboxylic acids is 1. The van der Waals surface area contributed by atoms with Crippen molar-refractivity contribution in [1.29, 1.82) is 0 Å². The molecule has 0 aliphatic carbocycles. The monoisotopic (exact) mass is 372 g/mol. The molecule has 3 rings (SSSR count). The molecule has 9 nitrogen and oxygen atoms in total. The van der Waals surface area contributed by atoms with Crippen molar-refractivity contribution in [1.82, 2.24) is 4.98 Å². The number of aryl methyl sites for hydroxylation is 1. The Hall–Kier alpha value is -3.40. The molecule has 10 heteroatoms. The third-order valence-electron chi connectivity index (χ3n) is 3.77. The number of anilines is 1. The van der Waals surface area contributed by atoms with E-state index in [1.165, 1.54) is 18.3 Å². The normalized spacial score (nSPS) is 10.7. The van der Waals surface area contributed by atoms with Gasteiger partial charge in [0.2, 0.25) is 0 Å². The lowest BCUT2D eigenvalue weighted by Gasteiger charge is -2.08. The van der Waals surface area contributed by atoms with Crippen LogP contribution in [0.3, 0.4) is 0 Å². The predicted octanol–water partition coefficient (Wildman–Crippen LogP) is 3.98. The van der Waals surface area contributed by atoms with Gasteiger partial charge >= 0.3 is 0 Å². The number of aromatic nitrogens is 1. The molecule has 1 heterocycles. The number of nitro benzene ring substituents is 2. The molecule has 0 atom stereocenters. The highest BCUT2D eigenvalue weighted by atomic mass is 32.1. The predicted molar refractivity (Wildman–Crippen MR) is 96.8 cm³/mol. The molecule has 0 unspecified atom stereocenters. The van der Waals surface area contributed by atoms with Crippen LogP contribution in [-0.2, 0) is 0 Å². The van der Waals surface area contributed by atoms with Crippen molar-refractivity contribution < 1.29 is 14.6 Å². The van der Waals surface area contributed by atoms with Crippen molar-refractivity contribution >= 4 is 44.5 Å². The largest absolute Gasteiger partial charge is 0.322 e. The van der Waals surface area contributed by atoms with E-state index in [1.807, 2.05) is 6.92 Å². The van der Waals surface area contributed by atoms with E-state index in [4.69, 9.17) is 0 Å². The molecule has 0 saturated heterocycles. The van der Waals surface area contributed by atoms with Gasteiger partial charge in [0, 0.05) is 17.3 Å². The Labute approximate surface area is 150 Å². The Morgan fingerprint density at radius 1 is 1.12 bits per heavy atom. The van der Waals surface area contributed by atoms with Gasteiger partial charge in [0.25, 0.3) is 17.3 Å².